The van der Waals surface area contributed by atoms with Crippen molar-refractivity contribution < 1.29 is 4.74 Å². The lowest BCUT2D eigenvalue weighted by molar-refractivity contribution is 0.320. The van der Waals surface area contributed by atoms with Crippen molar-refractivity contribution in [2.45, 2.75) is 19.9 Å². The van der Waals surface area contributed by atoms with Gasteiger partial charge < -0.3 is 10.5 Å². The Morgan fingerprint density at radius 3 is 2.89 bits per heavy atom. The number of rotatable bonds is 4. The minimum Gasteiger partial charge on any atom is -0.496 e. The van der Waals surface area contributed by atoms with Crippen LogP contribution < -0.4 is 10.5 Å². The smallest absolute Gasteiger partial charge is 0.129 e. The van der Waals surface area contributed by atoms with Gasteiger partial charge in [0.2, 0.25) is 0 Å². The molecule has 2 N–H and O–H groups in total. The van der Waals surface area contributed by atoms with Crippen molar-refractivity contribution in [3.63, 3.8) is 0 Å². The van der Waals surface area contributed by atoms with Crippen molar-refractivity contribution >= 4 is 17.2 Å². The van der Waals surface area contributed by atoms with Crippen molar-refractivity contribution in [1.82, 2.24) is 4.90 Å². The molecule has 1 aromatic carbocycles. The van der Waals surface area contributed by atoms with E-state index in [4.69, 9.17) is 22.7 Å². The van der Waals surface area contributed by atoms with E-state index < -0.39 is 0 Å². The van der Waals surface area contributed by atoms with Gasteiger partial charge in [0.05, 0.1) is 12.7 Å². The molecule has 1 saturated heterocycles. The van der Waals surface area contributed by atoms with Gasteiger partial charge in [-0.3, -0.25) is 4.90 Å². The van der Waals surface area contributed by atoms with Gasteiger partial charge in [-0.2, -0.15) is 0 Å². The van der Waals surface area contributed by atoms with Gasteiger partial charge in [0.15, 0.2) is 0 Å². The van der Waals surface area contributed by atoms with Gasteiger partial charge in [0, 0.05) is 13.1 Å². The van der Waals surface area contributed by atoms with Gasteiger partial charge in [-0.1, -0.05) is 25.2 Å². The fourth-order valence-corrected chi connectivity index (χ4v) is 2.63. The summed E-state index contributed by atoms with van der Waals surface area (Å²) in [7, 11) is 1.64. The summed E-state index contributed by atoms with van der Waals surface area (Å²) in [6.45, 7) is 5.61. The van der Waals surface area contributed by atoms with Crippen LogP contribution in [0.4, 0.5) is 0 Å². The van der Waals surface area contributed by atoms with E-state index in [9.17, 15) is 0 Å². The number of hydrogen-bond acceptors (Lipinski definition) is 3. The molecule has 4 heteroatoms. The molecule has 1 unspecified atom stereocenters. The van der Waals surface area contributed by atoms with Gasteiger partial charge in [0.1, 0.15) is 10.7 Å². The molecule has 0 radical (unpaired) electrons. The third-order valence-electron chi connectivity index (χ3n) is 3.44. The first kappa shape index (κ1) is 13.3. The first-order valence-electron chi connectivity index (χ1n) is 6.29. The number of nitrogens with zero attached hydrogens (tertiary/aromatic N) is 1. The lowest BCUT2D eigenvalue weighted by Gasteiger charge is -2.16. The molecule has 1 aliphatic rings. The molecule has 0 spiro atoms. The van der Waals surface area contributed by atoms with Crippen LogP contribution in [0.25, 0.3) is 0 Å². The van der Waals surface area contributed by atoms with E-state index in [-0.39, 0.29) is 0 Å². The number of hydrogen-bond donors (Lipinski definition) is 1. The predicted octanol–water partition coefficient (Wildman–Crippen LogP) is 2.17. The molecule has 1 atom stereocenters. The number of benzene rings is 1. The molecule has 18 heavy (non-hydrogen) atoms. The largest absolute Gasteiger partial charge is 0.496 e. The van der Waals surface area contributed by atoms with E-state index in [1.165, 1.54) is 25.1 Å². The number of nitrogens with two attached hydrogens (primary N) is 1. The lowest BCUT2D eigenvalue weighted by atomic mass is 10.1. The van der Waals surface area contributed by atoms with Gasteiger partial charge in [-0.25, -0.2) is 0 Å². The summed E-state index contributed by atoms with van der Waals surface area (Å²) in [6, 6.07) is 6.08. The molecule has 0 aliphatic carbocycles. The van der Waals surface area contributed by atoms with E-state index in [1.54, 1.807) is 7.11 Å². The highest BCUT2D eigenvalue weighted by Gasteiger charge is 2.19. The molecule has 1 aliphatic heterocycles. The average Bonchev–Trinajstić information content (AvgIpc) is 2.74. The van der Waals surface area contributed by atoms with Crippen molar-refractivity contribution in [1.29, 1.82) is 0 Å². The summed E-state index contributed by atoms with van der Waals surface area (Å²) in [5, 5.41) is 0. The summed E-state index contributed by atoms with van der Waals surface area (Å²) in [5.74, 6) is 1.55. The molecule has 2 rings (SSSR count). The second-order valence-electron chi connectivity index (χ2n) is 5.03. The molecule has 0 amide bonds. The Bertz CT molecular complexity index is 447. The Labute approximate surface area is 114 Å². The lowest BCUT2D eigenvalue weighted by Crippen LogP contribution is -2.20. The zero-order chi connectivity index (χ0) is 13.1. The zero-order valence-electron chi connectivity index (χ0n) is 11.0. The molecule has 1 aromatic rings. The van der Waals surface area contributed by atoms with Gasteiger partial charge in [-0.05, 0) is 36.6 Å². The molecular formula is C14H20N2OS. The van der Waals surface area contributed by atoms with E-state index >= 15 is 0 Å². The highest BCUT2D eigenvalue weighted by molar-refractivity contribution is 7.80. The fraction of sp³-hybridized carbons (Fsp3) is 0.500. The summed E-state index contributed by atoms with van der Waals surface area (Å²) >= 11 is 5.06. The van der Waals surface area contributed by atoms with E-state index in [0.717, 1.165) is 23.8 Å². The van der Waals surface area contributed by atoms with E-state index in [2.05, 4.69) is 17.9 Å². The van der Waals surface area contributed by atoms with Crippen LogP contribution in [0.2, 0.25) is 0 Å². The second-order valence-corrected chi connectivity index (χ2v) is 5.47. The van der Waals surface area contributed by atoms with Crippen molar-refractivity contribution in [2.24, 2.45) is 11.7 Å². The average molecular weight is 264 g/mol. The monoisotopic (exact) mass is 264 g/mol. The topological polar surface area (TPSA) is 38.5 Å². The summed E-state index contributed by atoms with van der Waals surface area (Å²) in [6.07, 6.45) is 1.29. The molecule has 3 nitrogen and oxygen atoms in total. The first-order chi connectivity index (χ1) is 8.60. The quantitative estimate of drug-likeness (QED) is 0.846. The fourth-order valence-electron chi connectivity index (χ4n) is 2.47. The Morgan fingerprint density at radius 2 is 2.33 bits per heavy atom. The maximum Gasteiger partial charge on any atom is 0.129 e. The SMILES string of the molecule is COc1ccc(CN2CCC(C)C2)cc1C(N)=S. The van der Waals surface area contributed by atoms with Gasteiger partial charge in [0.25, 0.3) is 0 Å². The summed E-state index contributed by atoms with van der Waals surface area (Å²) in [5.41, 5.74) is 7.80. The molecule has 0 aromatic heterocycles. The molecule has 0 bridgehead atoms. The van der Waals surface area contributed by atoms with Gasteiger partial charge in [-0.15, -0.1) is 0 Å². The van der Waals surface area contributed by atoms with Gasteiger partial charge >= 0.3 is 0 Å². The molecule has 98 valence electrons. The normalized spacial score (nSPS) is 20.0. The van der Waals surface area contributed by atoms with Crippen LogP contribution >= 0.6 is 12.2 Å². The number of likely N-dealkylation sites (tertiary alicyclic amines) is 1. The molecular weight excluding hydrogens is 244 g/mol. The van der Waals surface area contributed by atoms with Crippen molar-refractivity contribution in [2.75, 3.05) is 20.2 Å². The second kappa shape index (κ2) is 5.67. The van der Waals surface area contributed by atoms with Crippen LogP contribution in [0.1, 0.15) is 24.5 Å². The highest BCUT2D eigenvalue weighted by Crippen LogP contribution is 2.23. The van der Waals surface area contributed by atoms with Crippen LogP contribution in [0.5, 0.6) is 5.75 Å². The number of thiocarbonyl (C=S) groups is 1. The number of ether oxygens (including phenoxy) is 1. The Balaban J connectivity index is 2.14. The predicted molar refractivity (Wildman–Crippen MR) is 77.9 cm³/mol. The van der Waals surface area contributed by atoms with E-state index in [1.807, 2.05) is 12.1 Å². The number of methoxy groups -OCH3 is 1. The third-order valence-corrected chi connectivity index (χ3v) is 3.66. The minimum absolute atomic E-state index is 0.392. The summed E-state index contributed by atoms with van der Waals surface area (Å²) < 4.78 is 5.27. The molecule has 1 fully saturated rings. The van der Waals surface area contributed by atoms with Crippen LogP contribution in [0, 0.1) is 5.92 Å². The maximum atomic E-state index is 5.73. The Kier molecular flexibility index (Phi) is 4.19. The Morgan fingerprint density at radius 1 is 1.56 bits per heavy atom. The highest BCUT2D eigenvalue weighted by atomic mass is 32.1. The standard InChI is InChI=1S/C14H20N2OS/c1-10-5-6-16(8-10)9-11-3-4-13(17-2)12(7-11)14(15)18/h3-4,7,10H,5-6,8-9H2,1-2H3,(H2,15,18). The van der Waals surface area contributed by atoms with Crippen LogP contribution in [-0.4, -0.2) is 30.1 Å². The van der Waals surface area contributed by atoms with Crippen molar-refractivity contribution in [3.05, 3.63) is 29.3 Å². The maximum absolute atomic E-state index is 5.73. The Hall–Kier alpha value is -1.13. The summed E-state index contributed by atoms with van der Waals surface area (Å²) in [4.78, 5) is 2.86. The third kappa shape index (κ3) is 3.00. The van der Waals surface area contributed by atoms with Crippen LogP contribution in [0.15, 0.2) is 18.2 Å². The van der Waals surface area contributed by atoms with Crippen molar-refractivity contribution in [3.8, 4) is 5.75 Å². The van der Waals surface area contributed by atoms with Crippen LogP contribution in [-0.2, 0) is 6.54 Å². The molecule has 0 saturated carbocycles. The minimum atomic E-state index is 0.392. The van der Waals surface area contributed by atoms with Crippen LogP contribution in [0.3, 0.4) is 0 Å². The first-order valence-corrected chi connectivity index (χ1v) is 6.70. The van der Waals surface area contributed by atoms with E-state index in [0.29, 0.717) is 4.99 Å². The molecule has 1 heterocycles. The zero-order valence-corrected chi connectivity index (χ0v) is 11.8.